The lowest BCUT2D eigenvalue weighted by atomic mass is 10.1. The van der Waals surface area contributed by atoms with Gasteiger partial charge in [0.1, 0.15) is 0 Å². The smallest absolute Gasteiger partial charge is 0.238 e. The molecule has 0 aliphatic carbocycles. The van der Waals surface area contributed by atoms with Gasteiger partial charge < -0.3 is 43.8 Å². The van der Waals surface area contributed by atoms with Crippen LogP contribution in [-0.4, -0.2) is 117 Å². The van der Waals surface area contributed by atoms with Gasteiger partial charge in [-0.25, -0.2) is 0 Å². The number of ketones is 1. The Hall–Kier alpha value is -3.17. The van der Waals surface area contributed by atoms with Crippen LogP contribution < -0.4 is 38.9 Å². The number of rotatable bonds is 43. The van der Waals surface area contributed by atoms with Gasteiger partial charge in [-0.05, 0) is 90.0 Å². The summed E-state index contributed by atoms with van der Waals surface area (Å²) in [4.78, 5) is 67.0. The molecule has 61 heavy (non-hydrogen) atoms. The first-order valence-electron chi connectivity index (χ1n) is 24.1. The van der Waals surface area contributed by atoms with Gasteiger partial charge in [-0.1, -0.05) is 89.5 Å². The van der Waals surface area contributed by atoms with E-state index in [1.165, 1.54) is 57.8 Å². The fourth-order valence-electron chi connectivity index (χ4n) is 6.81. The molecular formula is C47H91N9O5. The van der Waals surface area contributed by atoms with Crippen molar-refractivity contribution in [1.29, 1.82) is 0 Å². The Morgan fingerprint density at radius 1 is 0.508 bits per heavy atom. The molecule has 2 atom stereocenters. The van der Waals surface area contributed by atoms with E-state index in [0.717, 1.165) is 51.4 Å². The van der Waals surface area contributed by atoms with Crippen molar-refractivity contribution in [3.05, 3.63) is 24.3 Å². The lowest BCUT2D eigenvalue weighted by Crippen LogP contribution is -2.46. The molecule has 0 radical (unpaired) electrons. The molecule has 14 nitrogen and oxygen atoms in total. The molecule has 0 saturated carbocycles. The summed E-state index contributed by atoms with van der Waals surface area (Å²) in [7, 11) is 0. The molecule has 4 amide bonds. The summed E-state index contributed by atoms with van der Waals surface area (Å²) in [5.74, 6) is -0.334. The molecule has 354 valence electrons. The minimum Gasteiger partial charge on any atom is -0.356 e. The third-order valence-corrected chi connectivity index (χ3v) is 10.8. The normalized spacial score (nSPS) is 12.6. The van der Waals surface area contributed by atoms with Gasteiger partial charge in [0.25, 0.3) is 0 Å². The molecule has 0 fully saturated rings. The van der Waals surface area contributed by atoms with Gasteiger partial charge in [0.2, 0.25) is 23.6 Å². The van der Waals surface area contributed by atoms with Crippen molar-refractivity contribution < 1.29 is 24.0 Å². The van der Waals surface area contributed by atoms with E-state index in [-0.39, 0.29) is 49.0 Å². The third kappa shape index (κ3) is 36.1. The quantitative estimate of drug-likeness (QED) is 0.0316. The summed E-state index contributed by atoms with van der Waals surface area (Å²) in [6, 6.07) is -1.43. The molecule has 14 heteroatoms. The zero-order chi connectivity index (χ0) is 45.2. The zero-order valence-electron chi connectivity index (χ0n) is 38.8. The second-order valence-corrected chi connectivity index (χ2v) is 16.4. The van der Waals surface area contributed by atoms with Crippen molar-refractivity contribution in [2.75, 3.05) is 65.4 Å². The Balaban J connectivity index is 5.01. The lowest BCUT2D eigenvalue weighted by Gasteiger charge is -2.28. The molecule has 0 unspecified atom stereocenters. The number of allylic oxidation sites excluding steroid dienone is 4. The van der Waals surface area contributed by atoms with Gasteiger partial charge in [-0.15, -0.1) is 0 Å². The fraction of sp³-hybridized carbons (Fsp3) is 0.809. The highest BCUT2D eigenvalue weighted by Crippen LogP contribution is 2.11. The van der Waals surface area contributed by atoms with Crippen molar-refractivity contribution >= 4 is 29.4 Å². The summed E-state index contributed by atoms with van der Waals surface area (Å²) < 4.78 is 0. The molecule has 0 saturated heterocycles. The van der Waals surface area contributed by atoms with Gasteiger partial charge in [0, 0.05) is 71.6 Å². The van der Waals surface area contributed by atoms with Gasteiger partial charge >= 0.3 is 0 Å². The van der Waals surface area contributed by atoms with Crippen LogP contribution in [0.3, 0.4) is 0 Å². The number of Topliss-reactive ketones (excluding diaryl/α,β-unsaturated/α-hetero) is 1. The standard InChI is InChI=1S/C47H91N9O5/c1-3-5-7-9-10-11-12-13-14-15-16-17-18-19-21-30-45(59)53-32-27-37-56(36-25-23-31-52-44(58)29-20-8-6-4-2)46(60)40-55(34-24-22-28-43(57)41(50)38-48)35-26-33-54-47(61)42(51)39-49/h6,8,13-14,41-42H,3-5,7,9-12,15-40,48-51H2,1-2H3,(H,52,58)(H,53,59)(H,54,61)/b8-6-,14-13-/t41-,42-/m0/s1. The summed E-state index contributed by atoms with van der Waals surface area (Å²) in [6.07, 6.45) is 31.6. The number of nitrogens with one attached hydrogen (secondary N) is 3. The maximum Gasteiger partial charge on any atom is 0.238 e. The average Bonchev–Trinajstić information content (AvgIpc) is 3.26. The number of carbonyl (C=O) groups excluding carboxylic acids is 5. The average molecular weight is 862 g/mol. The molecule has 0 spiro atoms. The van der Waals surface area contributed by atoms with E-state index in [1.807, 2.05) is 11.0 Å². The molecule has 0 heterocycles. The highest BCUT2D eigenvalue weighted by Gasteiger charge is 2.19. The predicted octanol–water partition coefficient (Wildman–Crippen LogP) is 5.12. The van der Waals surface area contributed by atoms with Crippen LogP contribution in [-0.2, 0) is 24.0 Å². The number of unbranched alkanes of at least 4 members (excludes halogenated alkanes) is 13. The largest absolute Gasteiger partial charge is 0.356 e. The van der Waals surface area contributed by atoms with Crippen molar-refractivity contribution in [3.8, 4) is 0 Å². The van der Waals surface area contributed by atoms with Crippen molar-refractivity contribution in [2.24, 2.45) is 22.9 Å². The lowest BCUT2D eigenvalue weighted by molar-refractivity contribution is -0.133. The molecule has 0 aliphatic rings. The van der Waals surface area contributed by atoms with Crippen molar-refractivity contribution in [1.82, 2.24) is 25.8 Å². The summed E-state index contributed by atoms with van der Waals surface area (Å²) >= 11 is 0. The maximum atomic E-state index is 13.9. The van der Waals surface area contributed by atoms with Crippen LogP contribution in [0.15, 0.2) is 24.3 Å². The number of hydrogen-bond donors (Lipinski definition) is 7. The van der Waals surface area contributed by atoms with E-state index < -0.39 is 12.1 Å². The molecule has 0 aromatic rings. The summed E-state index contributed by atoms with van der Waals surface area (Å²) in [5, 5.41) is 8.84. The van der Waals surface area contributed by atoms with E-state index in [9.17, 15) is 24.0 Å². The Labute approximate surface area is 370 Å². The van der Waals surface area contributed by atoms with Gasteiger partial charge in [-0.2, -0.15) is 0 Å². The SMILES string of the molecule is CC/C=C\CCC(=O)NCCCCN(CCCNC(=O)CCCCCCC/C=C\CCCCCCCC)C(=O)CN(CCCCC(=O)[C@@H](N)CN)CCCNC(=O)[C@@H](N)CN. The summed E-state index contributed by atoms with van der Waals surface area (Å²) in [5.41, 5.74) is 22.6. The highest BCUT2D eigenvalue weighted by atomic mass is 16.2. The van der Waals surface area contributed by atoms with Crippen LogP contribution in [0.4, 0.5) is 0 Å². The Bertz CT molecular complexity index is 1160. The monoisotopic (exact) mass is 862 g/mol. The number of hydrogen-bond acceptors (Lipinski definition) is 10. The topological polar surface area (TPSA) is 232 Å². The molecule has 0 rings (SSSR count). The number of nitrogens with two attached hydrogens (primary N) is 4. The Morgan fingerprint density at radius 2 is 1.02 bits per heavy atom. The van der Waals surface area contributed by atoms with Gasteiger partial charge in [0.05, 0.1) is 18.6 Å². The Kier molecular flexibility index (Phi) is 40.0. The third-order valence-electron chi connectivity index (χ3n) is 10.8. The van der Waals surface area contributed by atoms with Crippen molar-refractivity contribution in [2.45, 2.75) is 180 Å². The van der Waals surface area contributed by atoms with Gasteiger partial charge in [0.15, 0.2) is 5.78 Å². The molecule has 0 aromatic heterocycles. The molecule has 11 N–H and O–H groups in total. The van der Waals surface area contributed by atoms with E-state index >= 15 is 0 Å². The second-order valence-electron chi connectivity index (χ2n) is 16.4. The predicted molar refractivity (Wildman–Crippen MR) is 252 cm³/mol. The van der Waals surface area contributed by atoms with E-state index in [1.54, 1.807) is 0 Å². The molecule has 0 bridgehead atoms. The van der Waals surface area contributed by atoms with E-state index in [4.69, 9.17) is 22.9 Å². The molecule has 0 aliphatic heterocycles. The van der Waals surface area contributed by atoms with E-state index in [2.05, 4.69) is 52.9 Å². The first-order chi connectivity index (χ1) is 29.6. The van der Waals surface area contributed by atoms with Crippen LogP contribution in [0, 0.1) is 0 Å². The van der Waals surface area contributed by atoms with Gasteiger partial charge in [-0.3, -0.25) is 28.9 Å². The number of amides is 4. The summed E-state index contributed by atoms with van der Waals surface area (Å²) in [6.45, 7) is 8.26. The van der Waals surface area contributed by atoms with Crippen LogP contribution in [0.5, 0.6) is 0 Å². The maximum absolute atomic E-state index is 13.9. The first kappa shape index (κ1) is 57.8. The van der Waals surface area contributed by atoms with Crippen LogP contribution in [0.1, 0.15) is 168 Å². The van der Waals surface area contributed by atoms with E-state index in [0.29, 0.717) is 90.8 Å². The van der Waals surface area contributed by atoms with Crippen LogP contribution in [0.2, 0.25) is 0 Å². The minimum absolute atomic E-state index is 0.0229. The first-order valence-corrected chi connectivity index (χ1v) is 24.1. The Morgan fingerprint density at radius 3 is 1.67 bits per heavy atom. The molecular weight excluding hydrogens is 771 g/mol. The highest BCUT2D eigenvalue weighted by molar-refractivity contribution is 5.84. The van der Waals surface area contributed by atoms with Crippen molar-refractivity contribution in [3.63, 3.8) is 0 Å². The van der Waals surface area contributed by atoms with Crippen LogP contribution >= 0.6 is 0 Å². The second kappa shape index (κ2) is 42.1. The van der Waals surface area contributed by atoms with Crippen LogP contribution in [0.25, 0.3) is 0 Å². The minimum atomic E-state index is -0.767. The number of nitrogens with zero attached hydrogens (tertiary/aromatic N) is 2. The zero-order valence-corrected chi connectivity index (χ0v) is 38.8. The number of carbonyl (C=O) groups is 5. The molecule has 0 aromatic carbocycles. The fourth-order valence-corrected chi connectivity index (χ4v) is 6.81.